The lowest BCUT2D eigenvalue weighted by Gasteiger charge is -2.42. The first-order chi connectivity index (χ1) is 20.5. The molecule has 0 radical (unpaired) electrons. The molecule has 1 amide bonds. The van der Waals surface area contributed by atoms with E-state index < -0.39 is 6.10 Å². The molecule has 0 saturated carbocycles. The monoisotopic (exact) mass is 709 g/mol. The number of alkyl halides is 1. The van der Waals surface area contributed by atoms with Crippen molar-refractivity contribution in [1.82, 2.24) is 20.1 Å². The van der Waals surface area contributed by atoms with E-state index >= 15 is 0 Å². The number of carbonyl (C=O) groups is 1. The van der Waals surface area contributed by atoms with E-state index in [1.807, 2.05) is 11.0 Å². The number of nitrogens with zero attached hydrogens (tertiary/aromatic N) is 4. The first kappa shape index (κ1) is 34.2. The van der Waals surface area contributed by atoms with Crippen LogP contribution in [0.15, 0.2) is 30.3 Å². The average molecular weight is 710 g/mol. The number of amides is 1. The van der Waals surface area contributed by atoms with Crippen LogP contribution in [0.1, 0.15) is 69.7 Å². The Balaban J connectivity index is 1.63. The predicted octanol–water partition coefficient (Wildman–Crippen LogP) is 4.31. The molecule has 2 N–H and O–H groups in total. The maximum atomic E-state index is 14.2. The van der Waals surface area contributed by atoms with Crippen molar-refractivity contribution in [2.45, 2.75) is 77.1 Å². The summed E-state index contributed by atoms with van der Waals surface area (Å²) in [4.78, 5) is 26.0. The van der Waals surface area contributed by atoms with E-state index in [0.717, 1.165) is 59.5 Å². The number of benzene rings is 1. The second-order valence-corrected chi connectivity index (χ2v) is 13.8. The van der Waals surface area contributed by atoms with Crippen LogP contribution in [0.3, 0.4) is 0 Å². The molecular weight excluding hydrogens is 660 g/mol. The molecule has 0 bridgehead atoms. The van der Waals surface area contributed by atoms with Gasteiger partial charge in [-0.1, -0.05) is 55.5 Å². The summed E-state index contributed by atoms with van der Waals surface area (Å²) in [5.74, 6) is -0.231. The largest absolute Gasteiger partial charge is 0.384 e. The zero-order valence-corrected chi connectivity index (χ0v) is 28.7. The molecule has 1 unspecified atom stereocenters. The third-order valence-electron chi connectivity index (χ3n) is 8.72. The minimum Gasteiger partial charge on any atom is -0.384 e. The maximum Gasteiger partial charge on any atom is 0.241 e. The number of methoxy groups -OCH3 is 1. The number of hydrogen-bond acceptors (Lipinski definition) is 7. The van der Waals surface area contributed by atoms with Gasteiger partial charge in [-0.2, -0.15) is 0 Å². The van der Waals surface area contributed by atoms with E-state index in [1.54, 1.807) is 19.2 Å². The van der Waals surface area contributed by atoms with Crippen LogP contribution in [0, 0.1) is 5.82 Å². The Morgan fingerprint density at radius 1 is 1.33 bits per heavy atom. The lowest BCUT2D eigenvalue weighted by molar-refractivity contribution is -0.120. The molecule has 2 aliphatic rings. The smallest absolute Gasteiger partial charge is 0.241 e. The van der Waals surface area contributed by atoms with Crippen molar-refractivity contribution < 1.29 is 19.0 Å². The molecule has 4 rings (SSSR count). The van der Waals surface area contributed by atoms with Crippen LogP contribution in [-0.2, 0) is 21.4 Å². The van der Waals surface area contributed by atoms with Gasteiger partial charge in [0.25, 0.3) is 0 Å². The highest BCUT2D eigenvalue weighted by atomic mass is 127. The number of aromatic nitrogens is 1. The molecular formula is C33H49FIN5O3. The number of carbonyl (C=O) groups excluding carboxylic acids is 1. The van der Waals surface area contributed by atoms with Gasteiger partial charge in [0.15, 0.2) is 0 Å². The first-order valence-electron chi connectivity index (χ1n) is 15.5. The number of aliphatic hydroxyl groups excluding tert-OH is 1. The molecule has 0 spiro atoms. The summed E-state index contributed by atoms with van der Waals surface area (Å²) in [5, 5.41) is 14.6. The standard InChI is InChI=1S/C33H49FIN5O3/c1-7-12-38(23(3)15-35)18-27-16-36-22(2)17-39(27)19-30(42)40-21-33(4,5)32-28(40)14-25(31(37-32)29(41)20-43-6)13-24-8-10-26(34)11-9-24/h8-11,14,22-23,27,29,36,41H,7,12-13,15-21H2,1-6H3/t22-,23-,27-,29?/m1/s1. The number of halogens is 2. The minimum atomic E-state index is -0.912. The molecule has 1 aromatic heterocycles. The van der Waals surface area contributed by atoms with Gasteiger partial charge in [0.05, 0.1) is 30.2 Å². The molecule has 4 atom stereocenters. The molecule has 1 saturated heterocycles. The number of ether oxygens (including phenoxy) is 1. The van der Waals surface area contributed by atoms with E-state index in [-0.39, 0.29) is 29.8 Å². The second kappa shape index (κ2) is 15.1. The van der Waals surface area contributed by atoms with Crippen molar-refractivity contribution in [2.75, 3.05) is 62.3 Å². The van der Waals surface area contributed by atoms with Gasteiger partial charge in [-0.05, 0) is 62.6 Å². The Morgan fingerprint density at radius 3 is 2.70 bits per heavy atom. The molecule has 10 heteroatoms. The number of aliphatic hydroxyl groups is 1. The third-order valence-corrected chi connectivity index (χ3v) is 9.99. The normalized spacial score (nSPS) is 21.7. The van der Waals surface area contributed by atoms with Crippen molar-refractivity contribution in [3.05, 3.63) is 58.7 Å². The zero-order chi connectivity index (χ0) is 31.3. The molecule has 0 aliphatic carbocycles. The number of piperazine rings is 1. The summed E-state index contributed by atoms with van der Waals surface area (Å²) >= 11 is 2.46. The molecule has 1 fully saturated rings. The first-order valence-corrected chi connectivity index (χ1v) is 17.0. The Morgan fingerprint density at radius 2 is 2.05 bits per heavy atom. The quantitative estimate of drug-likeness (QED) is 0.237. The zero-order valence-electron chi connectivity index (χ0n) is 26.6. The molecule has 238 valence electrons. The van der Waals surface area contributed by atoms with Crippen molar-refractivity contribution in [3.63, 3.8) is 0 Å². The van der Waals surface area contributed by atoms with Gasteiger partial charge in [-0.15, -0.1) is 0 Å². The number of fused-ring (bicyclic) bond motifs is 1. The summed E-state index contributed by atoms with van der Waals surface area (Å²) < 4.78 is 20.0. The van der Waals surface area contributed by atoms with E-state index in [2.05, 4.69) is 72.3 Å². The highest BCUT2D eigenvalue weighted by Gasteiger charge is 2.42. The number of anilines is 1. The predicted molar refractivity (Wildman–Crippen MR) is 179 cm³/mol. The third kappa shape index (κ3) is 8.32. The summed E-state index contributed by atoms with van der Waals surface area (Å²) in [6.45, 7) is 15.5. The molecule has 43 heavy (non-hydrogen) atoms. The van der Waals surface area contributed by atoms with E-state index in [9.17, 15) is 14.3 Å². The van der Waals surface area contributed by atoms with Crippen LogP contribution in [0.25, 0.3) is 0 Å². The maximum absolute atomic E-state index is 14.2. The fourth-order valence-electron chi connectivity index (χ4n) is 6.34. The lowest BCUT2D eigenvalue weighted by atomic mass is 9.90. The van der Waals surface area contributed by atoms with Crippen LogP contribution in [0.5, 0.6) is 0 Å². The van der Waals surface area contributed by atoms with Gasteiger partial charge in [0.2, 0.25) is 5.91 Å². The van der Waals surface area contributed by atoms with Gasteiger partial charge in [-0.25, -0.2) is 4.39 Å². The van der Waals surface area contributed by atoms with Gasteiger partial charge in [0, 0.05) is 61.3 Å². The highest BCUT2D eigenvalue weighted by Crippen LogP contribution is 2.41. The van der Waals surface area contributed by atoms with Gasteiger partial charge in [0.1, 0.15) is 11.9 Å². The molecule has 1 aromatic carbocycles. The van der Waals surface area contributed by atoms with Gasteiger partial charge < -0.3 is 20.1 Å². The van der Waals surface area contributed by atoms with Crippen LogP contribution >= 0.6 is 22.6 Å². The van der Waals surface area contributed by atoms with Crippen molar-refractivity contribution in [3.8, 4) is 0 Å². The number of pyridine rings is 1. The van der Waals surface area contributed by atoms with Crippen LogP contribution in [0.4, 0.5) is 10.1 Å². The fourth-order valence-corrected chi connectivity index (χ4v) is 6.90. The van der Waals surface area contributed by atoms with E-state index in [4.69, 9.17) is 9.72 Å². The van der Waals surface area contributed by atoms with Gasteiger partial charge in [-0.3, -0.25) is 19.6 Å². The van der Waals surface area contributed by atoms with E-state index in [0.29, 0.717) is 37.3 Å². The summed E-state index contributed by atoms with van der Waals surface area (Å²) in [6.07, 6.45) is 0.647. The van der Waals surface area contributed by atoms with Gasteiger partial charge >= 0.3 is 0 Å². The Bertz CT molecular complexity index is 1230. The van der Waals surface area contributed by atoms with Crippen LogP contribution in [0.2, 0.25) is 0 Å². The van der Waals surface area contributed by atoms with Crippen molar-refractivity contribution >= 4 is 34.2 Å². The summed E-state index contributed by atoms with van der Waals surface area (Å²) in [7, 11) is 1.55. The highest BCUT2D eigenvalue weighted by molar-refractivity contribution is 14.1. The molecule has 3 heterocycles. The number of hydrogen-bond donors (Lipinski definition) is 2. The van der Waals surface area contributed by atoms with E-state index in [1.165, 1.54) is 12.1 Å². The van der Waals surface area contributed by atoms with Crippen molar-refractivity contribution in [2.24, 2.45) is 0 Å². The lowest BCUT2D eigenvalue weighted by Crippen LogP contribution is -2.61. The molecule has 2 aromatic rings. The molecule has 2 aliphatic heterocycles. The second-order valence-electron chi connectivity index (χ2n) is 12.9. The number of rotatable bonds is 13. The SMILES string of the molecule is CCCN(C[C@H]1CN[C@H](C)CN1CC(=O)N1CC(C)(C)c2nc(C(O)COC)c(Cc3ccc(F)cc3)cc21)[C@H](C)CI. The van der Waals surface area contributed by atoms with Crippen LogP contribution in [-0.4, -0.2) is 101 Å². The Hall–Kier alpha value is -1.70. The summed E-state index contributed by atoms with van der Waals surface area (Å²) in [5.41, 5.74) is 3.48. The average Bonchev–Trinajstić information content (AvgIpc) is 3.24. The Kier molecular flexibility index (Phi) is 12.0. The topological polar surface area (TPSA) is 81.2 Å². The number of nitrogens with one attached hydrogen (secondary N) is 1. The Labute approximate surface area is 270 Å². The minimum absolute atomic E-state index is 0.0645. The molecule has 8 nitrogen and oxygen atoms in total. The van der Waals surface area contributed by atoms with Crippen molar-refractivity contribution in [1.29, 1.82) is 0 Å². The summed E-state index contributed by atoms with van der Waals surface area (Å²) in [6, 6.07) is 9.41. The fraction of sp³-hybridized carbons (Fsp3) is 0.636. The van der Waals surface area contributed by atoms with Crippen LogP contribution < -0.4 is 10.2 Å².